The third kappa shape index (κ3) is 7.47. The van der Waals surface area contributed by atoms with Crippen LogP contribution in [0.15, 0.2) is 59.5 Å². The Morgan fingerprint density at radius 1 is 1.03 bits per heavy atom. The van der Waals surface area contributed by atoms with Gasteiger partial charge in [-0.2, -0.15) is 4.31 Å². The molecule has 1 heterocycles. The summed E-state index contributed by atoms with van der Waals surface area (Å²) >= 11 is 0. The van der Waals surface area contributed by atoms with E-state index >= 15 is 0 Å². The summed E-state index contributed by atoms with van der Waals surface area (Å²) in [6, 6.07) is 16.6. The number of esters is 1. The molecule has 0 bridgehead atoms. The van der Waals surface area contributed by atoms with Crippen LogP contribution in [-0.2, 0) is 19.6 Å². The van der Waals surface area contributed by atoms with Gasteiger partial charge < -0.3 is 10.1 Å². The lowest BCUT2D eigenvalue weighted by atomic mass is 9.98. The fourth-order valence-electron chi connectivity index (χ4n) is 4.79. The van der Waals surface area contributed by atoms with Crippen LogP contribution in [-0.4, -0.2) is 75.3 Å². The normalized spacial score (nSPS) is 16.0. The predicted molar refractivity (Wildman–Crippen MR) is 144 cm³/mol. The highest BCUT2D eigenvalue weighted by Crippen LogP contribution is 2.25. The van der Waals surface area contributed by atoms with E-state index in [1.807, 2.05) is 18.2 Å². The Balaban J connectivity index is 1.63. The van der Waals surface area contributed by atoms with Gasteiger partial charge in [0.05, 0.1) is 24.0 Å². The maximum atomic E-state index is 13.2. The fourth-order valence-corrected chi connectivity index (χ4v) is 6.31. The molecule has 2 aromatic rings. The minimum Gasteiger partial charge on any atom is -0.466 e. The Kier molecular flexibility index (Phi) is 10.8. The molecule has 0 aromatic heterocycles. The summed E-state index contributed by atoms with van der Waals surface area (Å²) in [6.45, 7) is 9.31. The number of carbonyl (C=O) groups is 2. The van der Waals surface area contributed by atoms with Crippen LogP contribution in [0.4, 0.5) is 0 Å². The molecule has 0 radical (unpaired) electrons. The van der Waals surface area contributed by atoms with E-state index in [0.29, 0.717) is 31.6 Å². The van der Waals surface area contributed by atoms with Gasteiger partial charge in [-0.3, -0.25) is 14.5 Å². The number of nitrogens with one attached hydrogen (secondary N) is 1. The summed E-state index contributed by atoms with van der Waals surface area (Å²) in [4.78, 5) is 27.4. The summed E-state index contributed by atoms with van der Waals surface area (Å²) in [7, 11) is -3.77. The number of ketones is 1. The molecule has 0 saturated carbocycles. The lowest BCUT2D eigenvalue weighted by Gasteiger charge is -2.30. The topological polar surface area (TPSA) is 96.0 Å². The average molecular weight is 530 g/mol. The molecule has 0 amide bonds. The Hall–Kier alpha value is -2.59. The van der Waals surface area contributed by atoms with Gasteiger partial charge in [0.15, 0.2) is 5.78 Å². The van der Waals surface area contributed by atoms with Crippen molar-refractivity contribution < 1.29 is 22.7 Å². The third-order valence-electron chi connectivity index (χ3n) is 6.93. The number of benzene rings is 2. The van der Waals surface area contributed by atoms with Gasteiger partial charge in [-0.15, -0.1) is 0 Å². The highest BCUT2D eigenvalue weighted by atomic mass is 32.2. The van der Waals surface area contributed by atoms with E-state index in [-0.39, 0.29) is 48.2 Å². The summed E-state index contributed by atoms with van der Waals surface area (Å²) in [5, 5.41) is 3.28. The van der Waals surface area contributed by atoms with Gasteiger partial charge >= 0.3 is 5.97 Å². The van der Waals surface area contributed by atoms with Crippen LogP contribution in [0.2, 0.25) is 0 Å². The molecule has 3 rings (SSSR count). The van der Waals surface area contributed by atoms with Crippen molar-refractivity contribution >= 4 is 21.8 Å². The zero-order valence-corrected chi connectivity index (χ0v) is 22.9. The number of hydrogen-bond donors (Lipinski definition) is 1. The van der Waals surface area contributed by atoms with Gasteiger partial charge in [0, 0.05) is 31.2 Å². The molecule has 2 aromatic carbocycles. The third-order valence-corrected chi connectivity index (χ3v) is 8.82. The van der Waals surface area contributed by atoms with Crippen molar-refractivity contribution in [2.24, 2.45) is 5.92 Å². The molecule has 1 N–H and O–H groups in total. The number of sulfonamides is 1. The quantitative estimate of drug-likeness (QED) is 0.313. The van der Waals surface area contributed by atoms with E-state index in [2.05, 4.69) is 36.2 Å². The molecule has 202 valence electrons. The lowest BCUT2D eigenvalue weighted by Crippen LogP contribution is -2.40. The first-order valence-corrected chi connectivity index (χ1v) is 14.6. The van der Waals surface area contributed by atoms with E-state index in [0.717, 1.165) is 13.1 Å². The average Bonchev–Trinajstić information content (AvgIpc) is 2.93. The SMILES string of the molecule is CCOC(=O)C1CCN(S(=O)(=O)c2cccc(C(=O)CNCC(c3ccccc3)N(CC)CC)c2)CC1. The van der Waals surface area contributed by atoms with Gasteiger partial charge in [-0.1, -0.05) is 56.3 Å². The second kappa shape index (κ2) is 13.8. The van der Waals surface area contributed by atoms with E-state index < -0.39 is 10.0 Å². The van der Waals surface area contributed by atoms with E-state index in [1.54, 1.807) is 19.1 Å². The van der Waals surface area contributed by atoms with Crippen molar-refractivity contribution in [3.05, 3.63) is 65.7 Å². The van der Waals surface area contributed by atoms with E-state index in [4.69, 9.17) is 4.74 Å². The number of hydrogen-bond acceptors (Lipinski definition) is 7. The van der Waals surface area contributed by atoms with Crippen molar-refractivity contribution in [3.63, 3.8) is 0 Å². The minimum absolute atomic E-state index is 0.0956. The molecule has 37 heavy (non-hydrogen) atoms. The molecule has 1 aliphatic rings. The Bertz CT molecular complexity index is 1130. The summed E-state index contributed by atoms with van der Waals surface area (Å²) < 4.78 is 32.9. The molecule has 9 heteroatoms. The highest BCUT2D eigenvalue weighted by Gasteiger charge is 2.33. The second-order valence-corrected chi connectivity index (χ2v) is 11.1. The molecule has 0 aliphatic carbocycles. The zero-order valence-electron chi connectivity index (χ0n) is 22.1. The Morgan fingerprint density at radius 3 is 2.32 bits per heavy atom. The molecular formula is C28H39N3O5S. The first-order valence-electron chi connectivity index (χ1n) is 13.1. The van der Waals surface area contributed by atoms with Crippen LogP contribution in [0.25, 0.3) is 0 Å². The molecule has 1 saturated heterocycles. The number of likely N-dealkylation sites (N-methyl/N-ethyl adjacent to an activating group) is 1. The molecule has 1 atom stereocenters. The van der Waals surface area contributed by atoms with Gasteiger partial charge in [0.25, 0.3) is 0 Å². The summed E-state index contributed by atoms with van der Waals surface area (Å²) in [5.41, 5.74) is 1.54. The van der Waals surface area contributed by atoms with Gasteiger partial charge in [-0.25, -0.2) is 8.42 Å². The van der Waals surface area contributed by atoms with E-state index in [9.17, 15) is 18.0 Å². The number of Topliss-reactive ketones (excluding diaryl/α,β-unsaturated/α-hetero) is 1. The zero-order chi connectivity index (χ0) is 26.8. The van der Waals surface area contributed by atoms with Crippen LogP contribution in [0.1, 0.15) is 55.6 Å². The fraction of sp³-hybridized carbons (Fsp3) is 0.500. The van der Waals surface area contributed by atoms with Gasteiger partial charge in [0.2, 0.25) is 10.0 Å². The maximum absolute atomic E-state index is 13.2. The first kappa shape index (κ1) is 29.0. The van der Waals surface area contributed by atoms with Crippen molar-refractivity contribution in [2.75, 3.05) is 45.9 Å². The molecule has 1 aliphatic heterocycles. The number of piperidine rings is 1. The smallest absolute Gasteiger partial charge is 0.309 e. The van der Waals surface area contributed by atoms with Gasteiger partial charge in [-0.05, 0) is 50.6 Å². The van der Waals surface area contributed by atoms with Gasteiger partial charge in [0.1, 0.15) is 0 Å². The predicted octanol–water partition coefficient (Wildman–Crippen LogP) is 3.51. The Labute approximate surface area is 221 Å². The molecule has 1 fully saturated rings. The molecule has 0 spiro atoms. The minimum atomic E-state index is -3.77. The largest absolute Gasteiger partial charge is 0.466 e. The van der Waals surface area contributed by atoms with Crippen molar-refractivity contribution in [1.29, 1.82) is 0 Å². The van der Waals surface area contributed by atoms with Crippen LogP contribution in [0.5, 0.6) is 0 Å². The number of rotatable bonds is 13. The van der Waals surface area contributed by atoms with Crippen LogP contribution < -0.4 is 5.32 Å². The monoisotopic (exact) mass is 529 g/mol. The van der Waals surface area contributed by atoms with Crippen molar-refractivity contribution in [2.45, 2.75) is 44.6 Å². The summed E-state index contributed by atoms with van der Waals surface area (Å²) in [5.74, 6) is -0.707. The first-order chi connectivity index (χ1) is 17.8. The Morgan fingerprint density at radius 2 is 1.70 bits per heavy atom. The maximum Gasteiger partial charge on any atom is 0.309 e. The lowest BCUT2D eigenvalue weighted by molar-refractivity contribution is -0.149. The number of nitrogens with zero attached hydrogens (tertiary/aromatic N) is 2. The molecule has 1 unspecified atom stereocenters. The van der Waals surface area contributed by atoms with E-state index in [1.165, 1.54) is 22.0 Å². The van der Waals surface area contributed by atoms with Crippen molar-refractivity contribution in [3.8, 4) is 0 Å². The number of carbonyl (C=O) groups excluding carboxylic acids is 2. The summed E-state index contributed by atoms with van der Waals surface area (Å²) in [6.07, 6.45) is 0.853. The highest BCUT2D eigenvalue weighted by molar-refractivity contribution is 7.89. The van der Waals surface area contributed by atoms with Crippen LogP contribution in [0.3, 0.4) is 0 Å². The molecule has 8 nitrogen and oxygen atoms in total. The van der Waals surface area contributed by atoms with Crippen LogP contribution >= 0.6 is 0 Å². The molecular weight excluding hydrogens is 490 g/mol. The standard InChI is InChI=1S/C28H39N3O5S/c1-4-30(5-2)26(22-11-8-7-9-12-22)20-29-21-27(32)24-13-10-14-25(19-24)37(34,35)31-17-15-23(16-18-31)28(33)36-6-3/h7-14,19,23,26,29H,4-6,15-18,20-21H2,1-3H3. The number of ether oxygens (including phenoxy) is 1. The van der Waals surface area contributed by atoms with Crippen molar-refractivity contribution in [1.82, 2.24) is 14.5 Å². The second-order valence-electron chi connectivity index (χ2n) is 9.16. The van der Waals surface area contributed by atoms with Crippen LogP contribution in [0, 0.1) is 5.92 Å².